The van der Waals surface area contributed by atoms with Crippen molar-refractivity contribution in [3.05, 3.63) is 28.3 Å². The van der Waals surface area contributed by atoms with Crippen molar-refractivity contribution in [3.63, 3.8) is 0 Å². The van der Waals surface area contributed by atoms with E-state index in [2.05, 4.69) is 18.7 Å². The number of hydrogen-bond acceptors (Lipinski definition) is 4. The number of nitrogen functional groups attached to an aromatic ring is 1. The van der Waals surface area contributed by atoms with E-state index in [9.17, 15) is 10.1 Å². The van der Waals surface area contributed by atoms with Crippen LogP contribution in [0.3, 0.4) is 0 Å². The van der Waals surface area contributed by atoms with Crippen LogP contribution in [0.4, 0.5) is 17.1 Å². The summed E-state index contributed by atoms with van der Waals surface area (Å²) >= 11 is 0. The van der Waals surface area contributed by atoms with Crippen LogP contribution in [0.25, 0.3) is 0 Å². The molecule has 0 radical (unpaired) electrons. The van der Waals surface area contributed by atoms with E-state index in [1.165, 1.54) is 12.5 Å². The van der Waals surface area contributed by atoms with E-state index in [0.29, 0.717) is 0 Å². The molecule has 5 nitrogen and oxygen atoms in total. The molecule has 1 aliphatic rings. The van der Waals surface area contributed by atoms with Gasteiger partial charge in [-0.1, -0.05) is 13.8 Å². The number of anilines is 2. The van der Waals surface area contributed by atoms with Crippen LogP contribution < -0.4 is 10.6 Å². The molecule has 2 N–H and O–H groups in total. The first-order chi connectivity index (χ1) is 8.39. The summed E-state index contributed by atoms with van der Waals surface area (Å²) in [5.41, 5.74) is 7.21. The van der Waals surface area contributed by atoms with Crippen molar-refractivity contribution in [1.82, 2.24) is 0 Å². The molecule has 98 valence electrons. The molecule has 0 bridgehead atoms. The molecule has 2 rings (SSSR count). The van der Waals surface area contributed by atoms with Gasteiger partial charge in [0.15, 0.2) is 0 Å². The molecule has 0 aromatic heterocycles. The Bertz CT molecular complexity index is 471. The van der Waals surface area contributed by atoms with Gasteiger partial charge in [0.25, 0.3) is 5.69 Å². The van der Waals surface area contributed by atoms with Crippen molar-refractivity contribution in [2.45, 2.75) is 26.7 Å². The molecule has 0 saturated carbocycles. The zero-order valence-corrected chi connectivity index (χ0v) is 10.8. The predicted octanol–water partition coefficient (Wildman–Crippen LogP) is 2.80. The molecule has 5 heteroatoms. The summed E-state index contributed by atoms with van der Waals surface area (Å²) in [4.78, 5) is 12.5. The number of nitro groups is 1. The van der Waals surface area contributed by atoms with Gasteiger partial charge in [-0.3, -0.25) is 10.1 Å². The third kappa shape index (κ3) is 2.55. The molecule has 1 aromatic rings. The van der Waals surface area contributed by atoms with E-state index in [1.54, 1.807) is 12.1 Å². The third-order valence-electron chi connectivity index (χ3n) is 3.47. The monoisotopic (exact) mass is 249 g/mol. The van der Waals surface area contributed by atoms with Gasteiger partial charge < -0.3 is 10.6 Å². The molecule has 1 aromatic carbocycles. The van der Waals surface area contributed by atoms with E-state index in [0.717, 1.165) is 25.2 Å². The third-order valence-corrected chi connectivity index (χ3v) is 3.47. The molecular weight excluding hydrogens is 230 g/mol. The van der Waals surface area contributed by atoms with Crippen LogP contribution in [0.15, 0.2) is 18.2 Å². The Labute approximate surface area is 107 Å². The Hall–Kier alpha value is -1.78. The first-order valence-corrected chi connectivity index (χ1v) is 6.18. The molecular formula is C13H19N3O2. The van der Waals surface area contributed by atoms with Crippen molar-refractivity contribution in [1.29, 1.82) is 0 Å². The van der Waals surface area contributed by atoms with E-state index >= 15 is 0 Å². The first-order valence-electron chi connectivity index (χ1n) is 6.18. The van der Waals surface area contributed by atoms with Gasteiger partial charge in [0.1, 0.15) is 5.69 Å². The van der Waals surface area contributed by atoms with Gasteiger partial charge in [-0.15, -0.1) is 0 Å². The number of rotatable bonds is 2. The van der Waals surface area contributed by atoms with Crippen LogP contribution >= 0.6 is 0 Å². The Balaban J connectivity index is 2.24. The minimum absolute atomic E-state index is 0.0185. The normalized spacial score (nSPS) is 18.7. The zero-order chi connectivity index (χ0) is 13.3. The Morgan fingerprint density at radius 3 is 2.72 bits per heavy atom. The summed E-state index contributed by atoms with van der Waals surface area (Å²) < 4.78 is 0. The summed E-state index contributed by atoms with van der Waals surface area (Å²) in [6, 6.07) is 4.99. The van der Waals surface area contributed by atoms with E-state index in [4.69, 9.17) is 5.73 Å². The molecule has 1 fully saturated rings. The summed E-state index contributed by atoms with van der Waals surface area (Å²) in [6.07, 6.45) is 2.36. The minimum atomic E-state index is -0.445. The van der Waals surface area contributed by atoms with E-state index in [1.807, 2.05) is 0 Å². The highest BCUT2D eigenvalue weighted by atomic mass is 16.6. The highest BCUT2D eigenvalue weighted by Crippen LogP contribution is 2.33. The topological polar surface area (TPSA) is 72.4 Å². The lowest BCUT2D eigenvalue weighted by atomic mass is 9.84. The van der Waals surface area contributed by atoms with Gasteiger partial charge in [-0.2, -0.15) is 0 Å². The lowest BCUT2D eigenvalue weighted by Gasteiger charge is -2.39. The standard InChI is InChI=1S/C13H19N3O2/c1-13(2)6-3-7-15(9-13)10-4-5-12(16(17)18)11(14)8-10/h4-5,8H,3,6-7,9,14H2,1-2H3. The van der Waals surface area contributed by atoms with Gasteiger partial charge in [-0.05, 0) is 30.4 Å². The lowest BCUT2D eigenvalue weighted by molar-refractivity contribution is -0.383. The molecule has 1 saturated heterocycles. The van der Waals surface area contributed by atoms with Crippen LogP contribution in [0.5, 0.6) is 0 Å². The maximum absolute atomic E-state index is 10.7. The lowest BCUT2D eigenvalue weighted by Crippen LogP contribution is -2.40. The van der Waals surface area contributed by atoms with Crippen LogP contribution in [-0.4, -0.2) is 18.0 Å². The number of piperidine rings is 1. The van der Waals surface area contributed by atoms with Crippen molar-refractivity contribution in [3.8, 4) is 0 Å². The van der Waals surface area contributed by atoms with Gasteiger partial charge in [0.2, 0.25) is 0 Å². The van der Waals surface area contributed by atoms with Crippen LogP contribution in [-0.2, 0) is 0 Å². The molecule has 18 heavy (non-hydrogen) atoms. The van der Waals surface area contributed by atoms with Gasteiger partial charge in [0.05, 0.1) is 4.92 Å². The van der Waals surface area contributed by atoms with Crippen molar-refractivity contribution in [2.75, 3.05) is 23.7 Å². The largest absolute Gasteiger partial charge is 0.393 e. The quantitative estimate of drug-likeness (QED) is 0.497. The smallest absolute Gasteiger partial charge is 0.292 e. The molecule has 0 aliphatic carbocycles. The molecule has 0 unspecified atom stereocenters. The SMILES string of the molecule is CC1(C)CCCN(c2ccc([N+](=O)[O-])c(N)c2)C1. The molecule has 1 heterocycles. The van der Waals surface area contributed by atoms with Gasteiger partial charge in [0, 0.05) is 24.8 Å². The number of hydrogen-bond donors (Lipinski definition) is 1. The first kappa shape index (κ1) is 12.7. The van der Waals surface area contributed by atoms with Crippen molar-refractivity contribution >= 4 is 17.1 Å². The number of nitro benzene ring substituents is 1. The van der Waals surface area contributed by atoms with Crippen LogP contribution in [0, 0.1) is 15.5 Å². The van der Waals surface area contributed by atoms with E-state index in [-0.39, 0.29) is 16.8 Å². The Morgan fingerprint density at radius 1 is 1.44 bits per heavy atom. The Morgan fingerprint density at radius 2 is 2.17 bits per heavy atom. The average molecular weight is 249 g/mol. The molecule has 1 aliphatic heterocycles. The van der Waals surface area contributed by atoms with E-state index < -0.39 is 4.92 Å². The fourth-order valence-electron chi connectivity index (χ4n) is 2.55. The number of benzene rings is 1. The van der Waals surface area contributed by atoms with Gasteiger partial charge >= 0.3 is 0 Å². The second-order valence-corrected chi connectivity index (χ2v) is 5.69. The second-order valence-electron chi connectivity index (χ2n) is 5.69. The van der Waals surface area contributed by atoms with Gasteiger partial charge in [-0.25, -0.2) is 0 Å². The van der Waals surface area contributed by atoms with Crippen molar-refractivity contribution < 1.29 is 4.92 Å². The highest BCUT2D eigenvalue weighted by molar-refractivity contribution is 5.66. The summed E-state index contributed by atoms with van der Waals surface area (Å²) in [5, 5.41) is 10.7. The highest BCUT2D eigenvalue weighted by Gasteiger charge is 2.27. The molecule has 0 atom stereocenters. The second kappa shape index (κ2) is 4.48. The average Bonchev–Trinajstić information content (AvgIpc) is 2.27. The molecule has 0 amide bonds. The minimum Gasteiger partial charge on any atom is -0.393 e. The Kier molecular flexibility index (Phi) is 3.15. The summed E-state index contributed by atoms with van der Waals surface area (Å²) in [6.45, 7) is 6.44. The predicted molar refractivity (Wildman–Crippen MR) is 72.7 cm³/mol. The number of nitrogens with zero attached hydrogens (tertiary/aromatic N) is 2. The number of nitrogens with two attached hydrogens (primary N) is 1. The van der Waals surface area contributed by atoms with Crippen LogP contribution in [0.2, 0.25) is 0 Å². The maximum Gasteiger partial charge on any atom is 0.292 e. The maximum atomic E-state index is 10.7. The molecule has 0 spiro atoms. The van der Waals surface area contributed by atoms with Crippen molar-refractivity contribution in [2.24, 2.45) is 5.41 Å². The zero-order valence-electron chi connectivity index (χ0n) is 10.8. The summed E-state index contributed by atoms with van der Waals surface area (Å²) in [5.74, 6) is 0. The fourth-order valence-corrected chi connectivity index (χ4v) is 2.55. The fraction of sp³-hybridized carbons (Fsp3) is 0.538. The van der Waals surface area contributed by atoms with Crippen LogP contribution in [0.1, 0.15) is 26.7 Å². The summed E-state index contributed by atoms with van der Waals surface area (Å²) in [7, 11) is 0.